The normalized spacial score (nSPS) is 13.5. The van der Waals surface area contributed by atoms with Gasteiger partial charge in [0, 0.05) is 17.5 Å². The first-order chi connectivity index (χ1) is 13.8. The van der Waals surface area contributed by atoms with Crippen LogP contribution in [0, 0.1) is 0 Å². The van der Waals surface area contributed by atoms with Crippen LogP contribution >= 0.6 is 0 Å². The predicted molar refractivity (Wildman–Crippen MR) is 112 cm³/mol. The van der Waals surface area contributed by atoms with Crippen molar-refractivity contribution < 1.29 is 18.0 Å². The summed E-state index contributed by atoms with van der Waals surface area (Å²) in [6.07, 6.45) is 6.27. The minimum absolute atomic E-state index is 0.176. The molecule has 1 aliphatic rings. The number of nitrogens with two attached hydrogens (primary N) is 1. The van der Waals surface area contributed by atoms with Crippen molar-refractivity contribution in [3.05, 3.63) is 59.7 Å². The third kappa shape index (κ3) is 4.69. The average molecular weight is 412 g/mol. The number of sulfone groups is 1. The molecule has 150 valence electrons. The Morgan fingerprint density at radius 1 is 1.21 bits per heavy atom. The van der Waals surface area contributed by atoms with E-state index in [1.165, 1.54) is 17.1 Å². The van der Waals surface area contributed by atoms with Crippen LogP contribution in [0.5, 0.6) is 0 Å². The minimum atomic E-state index is -3.34. The highest BCUT2D eigenvalue weighted by Crippen LogP contribution is 2.34. The van der Waals surface area contributed by atoms with E-state index in [4.69, 9.17) is 5.73 Å². The summed E-state index contributed by atoms with van der Waals surface area (Å²) in [6, 6.07) is 11.7. The molecular formula is C20H20N4O4S. The molecule has 29 heavy (non-hydrogen) atoms. The van der Waals surface area contributed by atoms with Gasteiger partial charge in [-0.3, -0.25) is 9.59 Å². The molecule has 9 heteroatoms. The smallest absolute Gasteiger partial charge is 0.261 e. The van der Waals surface area contributed by atoms with Crippen molar-refractivity contribution >= 4 is 45.4 Å². The van der Waals surface area contributed by atoms with Crippen LogP contribution in [0.1, 0.15) is 17.5 Å². The Hall–Kier alpha value is -3.46. The fraction of sp³-hybridized carbons (Fsp3) is 0.150. The molecule has 2 aromatic carbocycles. The lowest BCUT2D eigenvalue weighted by Crippen LogP contribution is -2.21. The highest BCUT2D eigenvalue weighted by atomic mass is 32.2. The molecule has 1 aliphatic carbocycles. The van der Waals surface area contributed by atoms with Crippen LogP contribution in [0.3, 0.4) is 0 Å². The molecule has 0 spiro atoms. The number of carbonyl (C=O) groups is 2. The van der Waals surface area contributed by atoms with E-state index in [9.17, 15) is 18.0 Å². The molecule has 0 aromatic heterocycles. The summed E-state index contributed by atoms with van der Waals surface area (Å²) in [4.78, 5) is 22.3. The Bertz CT molecular complexity index is 1110. The van der Waals surface area contributed by atoms with Crippen LogP contribution in [0.2, 0.25) is 0 Å². The Labute approximate surface area is 168 Å². The maximum atomic E-state index is 11.7. The van der Waals surface area contributed by atoms with E-state index in [0.29, 0.717) is 23.5 Å². The van der Waals surface area contributed by atoms with Gasteiger partial charge in [-0.2, -0.15) is 5.10 Å². The van der Waals surface area contributed by atoms with Crippen LogP contribution in [0.15, 0.2) is 58.5 Å². The van der Waals surface area contributed by atoms with E-state index in [0.717, 1.165) is 36.4 Å². The molecule has 0 saturated heterocycles. The maximum Gasteiger partial charge on any atom is 0.261 e. The molecule has 0 saturated carbocycles. The number of rotatable bonds is 7. The number of nitrogens with one attached hydrogen (secondary N) is 1. The number of fused-ring (bicyclic) bond motifs is 1. The Morgan fingerprint density at radius 2 is 1.93 bits per heavy atom. The van der Waals surface area contributed by atoms with E-state index < -0.39 is 15.7 Å². The van der Waals surface area contributed by atoms with Crippen LogP contribution in [0.4, 0.5) is 11.4 Å². The summed E-state index contributed by atoms with van der Waals surface area (Å²) in [6.45, 7) is 0. The molecule has 8 nitrogen and oxygen atoms in total. The summed E-state index contributed by atoms with van der Waals surface area (Å²) in [5, 5.41) is 8.36. The first-order valence-corrected chi connectivity index (χ1v) is 10.7. The number of primary amides is 1. The predicted octanol–water partition coefficient (Wildman–Crippen LogP) is 1.92. The van der Waals surface area contributed by atoms with Crippen molar-refractivity contribution in [2.75, 3.05) is 16.6 Å². The second-order valence-electron chi connectivity index (χ2n) is 6.49. The fourth-order valence-electron chi connectivity index (χ4n) is 3.08. The van der Waals surface area contributed by atoms with Crippen molar-refractivity contribution in [1.82, 2.24) is 0 Å². The van der Waals surface area contributed by atoms with Crippen LogP contribution in [-0.4, -0.2) is 33.2 Å². The molecule has 0 fully saturated rings. The van der Waals surface area contributed by atoms with Crippen LogP contribution in [0.25, 0.3) is 5.70 Å². The lowest BCUT2D eigenvalue weighted by Gasteiger charge is -2.27. The van der Waals surface area contributed by atoms with Gasteiger partial charge in [-0.15, -0.1) is 0 Å². The molecule has 0 atom stereocenters. The number of hydrogen-bond donors (Lipinski definition) is 2. The maximum absolute atomic E-state index is 11.7. The van der Waals surface area contributed by atoms with Gasteiger partial charge in [0.15, 0.2) is 9.84 Å². The van der Waals surface area contributed by atoms with Gasteiger partial charge in [-0.25, -0.2) is 13.4 Å². The lowest BCUT2D eigenvalue weighted by molar-refractivity contribution is -0.111. The third-order valence-corrected chi connectivity index (χ3v) is 5.53. The van der Waals surface area contributed by atoms with E-state index >= 15 is 0 Å². The minimum Gasteiger partial charge on any atom is -0.365 e. The van der Waals surface area contributed by atoms with Gasteiger partial charge in [0.25, 0.3) is 5.91 Å². The first-order valence-electron chi connectivity index (χ1n) is 8.77. The monoisotopic (exact) mass is 412 g/mol. The molecule has 0 heterocycles. The summed E-state index contributed by atoms with van der Waals surface area (Å²) in [7, 11) is -3.34. The number of anilines is 2. The zero-order chi connectivity index (χ0) is 21.0. The average Bonchev–Trinajstić information content (AvgIpc) is 2.68. The molecule has 2 amide bonds. The summed E-state index contributed by atoms with van der Waals surface area (Å²) >= 11 is 0. The number of hydrazone groups is 1. The van der Waals surface area contributed by atoms with Crippen LogP contribution < -0.4 is 16.1 Å². The van der Waals surface area contributed by atoms with Gasteiger partial charge in [0.05, 0.1) is 16.3 Å². The lowest BCUT2D eigenvalue weighted by atomic mass is 9.93. The van der Waals surface area contributed by atoms with Gasteiger partial charge in [-0.05, 0) is 54.8 Å². The zero-order valence-corrected chi connectivity index (χ0v) is 16.5. The molecule has 3 N–H and O–H groups in total. The summed E-state index contributed by atoms with van der Waals surface area (Å²) < 4.78 is 23.5. The first kappa shape index (κ1) is 20.3. The number of benzene rings is 2. The fourth-order valence-corrected chi connectivity index (χ4v) is 3.71. The number of hydrogen-bond acceptors (Lipinski definition) is 6. The standard InChI is InChI=1S/C20H20N4O4S/c1-29(27,28)17-9-7-16(8-10-17)24(23-12-20(21)26)19-4-2-3-14-5-6-15(22-13-25)11-18(14)19/h4-13H,2-3H2,1H3,(H2,21,26)(H,22,25)/b23-12+. The zero-order valence-electron chi connectivity index (χ0n) is 15.7. The van der Waals surface area contributed by atoms with Crippen molar-refractivity contribution in [3.8, 4) is 0 Å². The Kier molecular flexibility index (Phi) is 5.79. The second-order valence-corrected chi connectivity index (χ2v) is 8.50. The number of allylic oxidation sites excluding steroid dienone is 1. The molecule has 3 rings (SSSR count). The SMILES string of the molecule is CS(=O)(=O)c1ccc(N(/N=C/C(N)=O)C2=CCCc3ccc(NC=O)cc32)cc1. The van der Waals surface area contributed by atoms with E-state index in [1.807, 2.05) is 24.3 Å². The molecular weight excluding hydrogens is 392 g/mol. The van der Waals surface area contributed by atoms with E-state index in [1.54, 1.807) is 12.1 Å². The van der Waals surface area contributed by atoms with Crippen molar-refractivity contribution in [2.45, 2.75) is 17.7 Å². The number of carbonyl (C=O) groups excluding carboxylic acids is 2. The second kappa shape index (κ2) is 8.27. The van der Waals surface area contributed by atoms with Gasteiger partial charge in [0.2, 0.25) is 6.41 Å². The largest absolute Gasteiger partial charge is 0.365 e. The molecule has 0 unspecified atom stereocenters. The third-order valence-electron chi connectivity index (χ3n) is 4.40. The quantitative estimate of drug-likeness (QED) is 0.409. The highest BCUT2D eigenvalue weighted by Gasteiger charge is 2.20. The number of aryl methyl sites for hydroxylation is 1. The van der Waals surface area contributed by atoms with Gasteiger partial charge in [0.1, 0.15) is 6.21 Å². The molecule has 0 aliphatic heterocycles. The highest BCUT2D eigenvalue weighted by molar-refractivity contribution is 7.90. The van der Waals surface area contributed by atoms with Crippen LogP contribution in [-0.2, 0) is 25.8 Å². The van der Waals surface area contributed by atoms with E-state index in [-0.39, 0.29) is 4.90 Å². The Morgan fingerprint density at radius 3 is 2.55 bits per heavy atom. The topological polar surface area (TPSA) is 122 Å². The van der Waals surface area contributed by atoms with Gasteiger partial charge < -0.3 is 11.1 Å². The molecule has 0 bridgehead atoms. The van der Waals surface area contributed by atoms with Crippen molar-refractivity contribution in [3.63, 3.8) is 0 Å². The molecule has 2 aromatic rings. The van der Waals surface area contributed by atoms with Gasteiger partial charge in [-0.1, -0.05) is 12.1 Å². The number of nitrogens with zero attached hydrogens (tertiary/aromatic N) is 2. The van der Waals surface area contributed by atoms with Gasteiger partial charge >= 0.3 is 0 Å². The summed E-state index contributed by atoms with van der Waals surface area (Å²) in [5.74, 6) is -0.712. The molecule has 0 radical (unpaired) electrons. The van der Waals surface area contributed by atoms with Crippen molar-refractivity contribution in [2.24, 2.45) is 10.8 Å². The number of amides is 2. The summed E-state index contributed by atoms with van der Waals surface area (Å²) in [5.41, 5.74) is 9.01. The van der Waals surface area contributed by atoms with E-state index in [2.05, 4.69) is 10.4 Å². The Balaban J connectivity index is 2.09. The van der Waals surface area contributed by atoms with Crippen molar-refractivity contribution in [1.29, 1.82) is 0 Å².